The number of furan rings is 1. The molecule has 1 aliphatic heterocycles. The fraction of sp³-hybridized carbons (Fsp3) is 0.318. The highest BCUT2D eigenvalue weighted by molar-refractivity contribution is 7.89. The van der Waals surface area contributed by atoms with Crippen LogP contribution >= 0.6 is 0 Å². The summed E-state index contributed by atoms with van der Waals surface area (Å²) in [5.74, 6) is -0.262. The molecule has 1 aromatic heterocycles. The maximum absolute atomic E-state index is 12.5. The third-order valence-corrected chi connectivity index (χ3v) is 6.18. The molecule has 2 aromatic rings. The number of nitrogens with two attached hydrogens (primary N) is 1. The first-order chi connectivity index (χ1) is 15.7. The van der Waals surface area contributed by atoms with Gasteiger partial charge in [-0.05, 0) is 55.3 Å². The predicted molar refractivity (Wildman–Crippen MR) is 121 cm³/mol. The summed E-state index contributed by atoms with van der Waals surface area (Å²) < 4.78 is 27.7. The lowest BCUT2D eigenvalue weighted by molar-refractivity contribution is -0.134. The second-order valence-electron chi connectivity index (χ2n) is 7.60. The van der Waals surface area contributed by atoms with Gasteiger partial charge < -0.3 is 20.0 Å². The van der Waals surface area contributed by atoms with Crippen LogP contribution in [0, 0.1) is 5.92 Å². The third-order valence-electron chi connectivity index (χ3n) is 5.25. The summed E-state index contributed by atoms with van der Waals surface area (Å²) in [6, 6.07) is 9.07. The molecular formula is C22H26N4O6S. The Bertz CT molecular complexity index is 1100. The van der Waals surface area contributed by atoms with Gasteiger partial charge in [0.15, 0.2) is 0 Å². The first-order valence-electron chi connectivity index (χ1n) is 10.4. The molecule has 176 valence electrons. The quantitative estimate of drug-likeness (QED) is 0.491. The van der Waals surface area contributed by atoms with Crippen LogP contribution in [0.2, 0.25) is 0 Å². The fourth-order valence-electron chi connectivity index (χ4n) is 3.42. The van der Waals surface area contributed by atoms with Gasteiger partial charge in [-0.2, -0.15) is 0 Å². The molecule has 0 radical (unpaired) electrons. The molecule has 0 spiro atoms. The summed E-state index contributed by atoms with van der Waals surface area (Å²) >= 11 is 0. The summed E-state index contributed by atoms with van der Waals surface area (Å²) in [6.45, 7) is 1.12. The lowest BCUT2D eigenvalue weighted by Crippen LogP contribution is -2.42. The minimum Gasteiger partial charge on any atom is -0.465 e. The zero-order valence-corrected chi connectivity index (χ0v) is 18.7. The maximum atomic E-state index is 12.5. The van der Waals surface area contributed by atoms with Crippen molar-refractivity contribution in [3.8, 4) is 0 Å². The van der Waals surface area contributed by atoms with E-state index in [0.717, 1.165) is 0 Å². The van der Waals surface area contributed by atoms with Gasteiger partial charge in [-0.1, -0.05) is 0 Å². The van der Waals surface area contributed by atoms with Crippen molar-refractivity contribution in [1.29, 1.82) is 0 Å². The number of primary sulfonamides is 1. The lowest BCUT2D eigenvalue weighted by Gasteiger charge is -2.31. The Kier molecular flexibility index (Phi) is 8.01. The molecule has 0 bridgehead atoms. The summed E-state index contributed by atoms with van der Waals surface area (Å²) in [7, 11) is -3.79. The van der Waals surface area contributed by atoms with Crippen LogP contribution in [-0.4, -0.2) is 50.7 Å². The molecule has 33 heavy (non-hydrogen) atoms. The van der Waals surface area contributed by atoms with Crippen LogP contribution in [-0.2, 0) is 24.4 Å². The standard InChI is InChI=1S/C22H26N4O6S/c23-33(30,31)19-6-3-17(4-7-19)25-22(29)16-10-13-26(14-11-16)21(28)9-12-24-20(27)8-5-18-2-1-15-32-18/h1-8,15-16H,9-14H2,(H,24,27)(H,25,29)(H2,23,30,31)/b8-5+. The molecule has 0 saturated carbocycles. The minimum absolute atomic E-state index is 0.0305. The number of carbonyl (C=O) groups excluding carboxylic acids is 3. The molecule has 11 heteroatoms. The fourth-order valence-corrected chi connectivity index (χ4v) is 3.93. The summed E-state index contributed by atoms with van der Waals surface area (Å²) in [5.41, 5.74) is 0.475. The normalized spacial score (nSPS) is 14.9. The average molecular weight is 475 g/mol. The number of hydrogen-bond donors (Lipinski definition) is 3. The number of nitrogens with one attached hydrogen (secondary N) is 2. The van der Waals surface area contributed by atoms with Gasteiger partial charge in [0.2, 0.25) is 27.7 Å². The number of rotatable bonds is 8. The van der Waals surface area contributed by atoms with Gasteiger partial charge in [0.05, 0.1) is 11.2 Å². The summed E-state index contributed by atoms with van der Waals surface area (Å²) in [5, 5.41) is 10.5. The highest BCUT2D eigenvalue weighted by Crippen LogP contribution is 2.21. The van der Waals surface area contributed by atoms with Crippen LogP contribution in [0.15, 0.2) is 58.1 Å². The molecule has 1 aliphatic rings. The van der Waals surface area contributed by atoms with Crippen LogP contribution in [0.1, 0.15) is 25.0 Å². The van der Waals surface area contributed by atoms with Crippen molar-refractivity contribution in [1.82, 2.24) is 10.2 Å². The van der Waals surface area contributed by atoms with Crippen LogP contribution in [0.4, 0.5) is 5.69 Å². The van der Waals surface area contributed by atoms with Gasteiger partial charge in [0, 0.05) is 43.7 Å². The van der Waals surface area contributed by atoms with Crippen molar-refractivity contribution >= 4 is 39.5 Å². The third kappa shape index (κ3) is 7.29. The van der Waals surface area contributed by atoms with E-state index in [1.807, 2.05) is 0 Å². The number of hydrogen-bond acceptors (Lipinski definition) is 6. The maximum Gasteiger partial charge on any atom is 0.244 e. The van der Waals surface area contributed by atoms with E-state index in [9.17, 15) is 22.8 Å². The van der Waals surface area contributed by atoms with Gasteiger partial charge in [-0.25, -0.2) is 13.6 Å². The van der Waals surface area contributed by atoms with E-state index in [1.54, 1.807) is 23.1 Å². The molecule has 0 unspecified atom stereocenters. The second kappa shape index (κ2) is 10.9. The Hall–Kier alpha value is -3.44. The Labute approximate surface area is 191 Å². The lowest BCUT2D eigenvalue weighted by atomic mass is 9.95. The SMILES string of the molecule is NS(=O)(=O)c1ccc(NC(=O)C2CCN(C(=O)CCNC(=O)/C=C/c3ccco3)CC2)cc1. The molecule has 0 atom stereocenters. The summed E-state index contributed by atoms with van der Waals surface area (Å²) in [6.07, 6.45) is 5.61. The molecular weight excluding hydrogens is 448 g/mol. The van der Waals surface area contributed by atoms with E-state index in [4.69, 9.17) is 9.56 Å². The molecule has 2 heterocycles. The Balaban J connectivity index is 1.37. The van der Waals surface area contributed by atoms with Crippen molar-refractivity contribution in [2.24, 2.45) is 11.1 Å². The average Bonchev–Trinajstić information content (AvgIpc) is 3.31. The molecule has 1 aromatic carbocycles. The van der Waals surface area contributed by atoms with E-state index in [-0.39, 0.29) is 41.5 Å². The summed E-state index contributed by atoms with van der Waals surface area (Å²) in [4.78, 5) is 38.3. The topological polar surface area (TPSA) is 152 Å². The zero-order valence-electron chi connectivity index (χ0n) is 17.9. The van der Waals surface area contributed by atoms with Gasteiger partial charge in [-0.15, -0.1) is 0 Å². The van der Waals surface area contributed by atoms with Crippen LogP contribution in [0.3, 0.4) is 0 Å². The van der Waals surface area contributed by atoms with Gasteiger partial charge in [0.25, 0.3) is 0 Å². The molecule has 1 saturated heterocycles. The molecule has 0 aliphatic carbocycles. The molecule has 10 nitrogen and oxygen atoms in total. The number of benzene rings is 1. The number of sulfonamides is 1. The Morgan fingerprint density at radius 3 is 2.42 bits per heavy atom. The number of carbonyl (C=O) groups is 3. The monoisotopic (exact) mass is 474 g/mol. The van der Waals surface area contributed by atoms with Gasteiger partial charge >= 0.3 is 0 Å². The van der Waals surface area contributed by atoms with Crippen molar-refractivity contribution in [2.45, 2.75) is 24.2 Å². The van der Waals surface area contributed by atoms with Crippen LogP contribution in [0.25, 0.3) is 6.08 Å². The molecule has 4 N–H and O–H groups in total. The highest BCUT2D eigenvalue weighted by Gasteiger charge is 2.27. The van der Waals surface area contributed by atoms with Gasteiger partial charge in [0.1, 0.15) is 5.76 Å². The van der Waals surface area contributed by atoms with Gasteiger partial charge in [-0.3, -0.25) is 14.4 Å². The highest BCUT2D eigenvalue weighted by atomic mass is 32.2. The molecule has 3 rings (SSSR count). The molecule has 1 fully saturated rings. The number of amides is 3. The van der Waals surface area contributed by atoms with Crippen molar-refractivity contribution in [2.75, 3.05) is 25.0 Å². The van der Waals surface area contributed by atoms with E-state index in [1.165, 1.54) is 36.6 Å². The van der Waals surface area contributed by atoms with Crippen LogP contribution < -0.4 is 15.8 Å². The largest absolute Gasteiger partial charge is 0.465 e. The minimum atomic E-state index is -3.79. The Morgan fingerprint density at radius 1 is 1.12 bits per heavy atom. The van der Waals surface area contributed by atoms with Crippen molar-refractivity contribution in [3.63, 3.8) is 0 Å². The number of piperidine rings is 1. The van der Waals surface area contributed by atoms with Crippen LogP contribution in [0.5, 0.6) is 0 Å². The van der Waals surface area contributed by atoms with E-state index < -0.39 is 10.0 Å². The Morgan fingerprint density at radius 2 is 1.82 bits per heavy atom. The smallest absolute Gasteiger partial charge is 0.244 e. The van der Waals surface area contributed by atoms with E-state index in [2.05, 4.69) is 10.6 Å². The van der Waals surface area contributed by atoms with E-state index in [0.29, 0.717) is 37.4 Å². The zero-order chi connectivity index (χ0) is 23.8. The number of anilines is 1. The first-order valence-corrected chi connectivity index (χ1v) is 12.0. The number of nitrogens with zero attached hydrogens (tertiary/aromatic N) is 1. The van der Waals surface area contributed by atoms with Crippen molar-refractivity contribution < 1.29 is 27.2 Å². The number of likely N-dealkylation sites (tertiary alicyclic amines) is 1. The van der Waals surface area contributed by atoms with E-state index >= 15 is 0 Å². The second-order valence-corrected chi connectivity index (χ2v) is 9.16. The predicted octanol–water partition coefficient (Wildman–Crippen LogP) is 1.32. The molecule has 3 amide bonds. The van der Waals surface area contributed by atoms with Crippen molar-refractivity contribution in [3.05, 3.63) is 54.5 Å². The first kappa shape index (κ1) is 24.2.